The fourth-order valence-electron chi connectivity index (χ4n) is 1.46. The molecule has 96 valence electrons. The van der Waals surface area contributed by atoms with E-state index in [-0.39, 0.29) is 0 Å². The van der Waals surface area contributed by atoms with E-state index in [2.05, 4.69) is 10.2 Å². The van der Waals surface area contributed by atoms with Crippen LogP contribution in [0.15, 0.2) is 24.3 Å². The molecule has 2 aromatic rings. The van der Waals surface area contributed by atoms with Crippen molar-refractivity contribution >= 4 is 12.2 Å². The van der Waals surface area contributed by atoms with Crippen LogP contribution in [0.4, 0.5) is 0 Å². The van der Waals surface area contributed by atoms with Crippen molar-refractivity contribution in [2.24, 2.45) is 7.05 Å². The molecular formula is C12H15N3O2S. The van der Waals surface area contributed by atoms with Crippen LogP contribution in [-0.2, 0) is 13.7 Å². The second-order valence-corrected chi connectivity index (χ2v) is 4.08. The molecule has 2 rings (SSSR count). The second kappa shape index (κ2) is 5.68. The summed E-state index contributed by atoms with van der Waals surface area (Å²) in [6.45, 7) is 2.98. The molecule has 0 bridgehead atoms. The fraction of sp³-hybridized carbons (Fsp3) is 0.333. The molecule has 1 heterocycles. The Morgan fingerprint density at radius 3 is 2.33 bits per heavy atom. The van der Waals surface area contributed by atoms with Gasteiger partial charge in [0.15, 0.2) is 10.6 Å². The molecule has 0 saturated carbocycles. The number of ether oxygens (including phenoxy) is 2. The number of benzene rings is 1. The van der Waals surface area contributed by atoms with Gasteiger partial charge < -0.3 is 14.0 Å². The minimum atomic E-state index is 0.373. The highest BCUT2D eigenvalue weighted by atomic mass is 32.1. The Morgan fingerprint density at radius 2 is 1.83 bits per heavy atom. The van der Waals surface area contributed by atoms with Crippen molar-refractivity contribution in [2.45, 2.75) is 13.5 Å². The van der Waals surface area contributed by atoms with E-state index in [9.17, 15) is 0 Å². The summed E-state index contributed by atoms with van der Waals surface area (Å²) in [5, 5.41) is 6.79. The third-order valence-electron chi connectivity index (χ3n) is 2.48. The van der Waals surface area contributed by atoms with Gasteiger partial charge in [-0.25, -0.2) is 0 Å². The average molecular weight is 265 g/mol. The van der Waals surface area contributed by atoms with E-state index in [1.807, 2.05) is 38.2 Å². The minimum Gasteiger partial charge on any atom is -0.494 e. The van der Waals surface area contributed by atoms with Crippen molar-refractivity contribution < 1.29 is 9.47 Å². The summed E-state index contributed by atoms with van der Waals surface area (Å²) < 4.78 is 13.3. The van der Waals surface area contributed by atoms with Gasteiger partial charge in [0.25, 0.3) is 0 Å². The van der Waals surface area contributed by atoms with E-state index >= 15 is 0 Å². The van der Waals surface area contributed by atoms with Crippen molar-refractivity contribution in [2.75, 3.05) is 6.61 Å². The van der Waals surface area contributed by atoms with Gasteiger partial charge >= 0.3 is 0 Å². The summed E-state index contributed by atoms with van der Waals surface area (Å²) in [4.78, 5) is 0. The van der Waals surface area contributed by atoms with E-state index in [1.165, 1.54) is 0 Å². The summed E-state index contributed by atoms with van der Waals surface area (Å²) in [6, 6.07) is 7.49. The van der Waals surface area contributed by atoms with Gasteiger partial charge in [-0.05, 0) is 43.4 Å². The van der Waals surface area contributed by atoms with Crippen LogP contribution in [0, 0.1) is 4.77 Å². The van der Waals surface area contributed by atoms with Gasteiger partial charge in [0.1, 0.15) is 18.1 Å². The molecule has 0 aliphatic carbocycles. The lowest BCUT2D eigenvalue weighted by Gasteiger charge is -2.07. The highest BCUT2D eigenvalue weighted by Crippen LogP contribution is 2.18. The van der Waals surface area contributed by atoms with Crippen molar-refractivity contribution in [3.63, 3.8) is 0 Å². The van der Waals surface area contributed by atoms with Gasteiger partial charge in [-0.3, -0.25) is 5.10 Å². The van der Waals surface area contributed by atoms with Gasteiger partial charge in [0.05, 0.1) is 6.61 Å². The number of nitrogens with one attached hydrogen (secondary N) is 1. The number of aromatic amines is 1. The summed E-state index contributed by atoms with van der Waals surface area (Å²) in [6.07, 6.45) is 0. The zero-order valence-electron chi connectivity index (χ0n) is 10.3. The molecule has 0 saturated heterocycles. The maximum absolute atomic E-state index is 5.61. The number of hydrogen-bond donors (Lipinski definition) is 1. The Balaban J connectivity index is 1.98. The predicted molar refractivity (Wildman–Crippen MR) is 70.3 cm³/mol. The van der Waals surface area contributed by atoms with Crippen molar-refractivity contribution in [3.05, 3.63) is 34.9 Å². The first-order valence-corrected chi connectivity index (χ1v) is 6.07. The summed E-state index contributed by atoms with van der Waals surface area (Å²) in [7, 11) is 1.85. The second-order valence-electron chi connectivity index (χ2n) is 3.70. The van der Waals surface area contributed by atoms with Gasteiger partial charge in [0, 0.05) is 7.05 Å². The molecular weight excluding hydrogens is 250 g/mol. The molecule has 0 aliphatic rings. The zero-order chi connectivity index (χ0) is 13.0. The molecule has 5 nitrogen and oxygen atoms in total. The standard InChI is InChI=1S/C12H15N3O2S/c1-3-16-9-4-6-10(7-5-9)17-8-11-13-14-12(18)15(11)2/h4-7H,3,8H2,1-2H3,(H,14,18). The Bertz CT molecular complexity index is 559. The van der Waals surface area contributed by atoms with Gasteiger partial charge in [-0.2, -0.15) is 5.10 Å². The summed E-state index contributed by atoms with van der Waals surface area (Å²) >= 11 is 5.02. The first kappa shape index (κ1) is 12.6. The first-order valence-electron chi connectivity index (χ1n) is 5.66. The van der Waals surface area contributed by atoms with Crippen LogP contribution >= 0.6 is 12.2 Å². The van der Waals surface area contributed by atoms with E-state index in [0.717, 1.165) is 17.3 Å². The monoisotopic (exact) mass is 265 g/mol. The molecule has 0 amide bonds. The lowest BCUT2D eigenvalue weighted by molar-refractivity contribution is 0.289. The molecule has 0 aliphatic heterocycles. The van der Waals surface area contributed by atoms with Crippen molar-refractivity contribution in [1.29, 1.82) is 0 Å². The predicted octanol–water partition coefficient (Wildman–Crippen LogP) is 2.46. The molecule has 0 spiro atoms. The average Bonchev–Trinajstić information content (AvgIpc) is 2.70. The van der Waals surface area contributed by atoms with Gasteiger partial charge in [-0.15, -0.1) is 0 Å². The van der Waals surface area contributed by atoms with Crippen LogP contribution < -0.4 is 9.47 Å². The molecule has 1 aromatic carbocycles. The van der Waals surface area contributed by atoms with Gasteiger partial charge in [0.2, 0.25) is 0 Å². The number of aromatic nitrogens is 3. The fourth-order valence-corrected chi connectivity index (χ4v) is 1.61. The van der Waals surface area contributed by atoms with Crippen LogP contribution in [0.1, 0.15) is 12.7 Å². The molecule has 1 aromatic heterocycles. The van der Waals surface area contributed by atoms with Crippen LogP contribution in [0.5, 0.6) is 11.5 Å². The largest absolute Gasteiger partial charge is 0.494 e. The SMILES string of the molecule is CCOc1ccc(OCc2n[nH]c(=S)n2C)cc1. The minimum absolute atomic E-state index is 0.373. The lowest BCUT2D eigenvalue weighted by Crippen LogP contribution is -2.03. The summed E-state index contributed by atoms with van der Waals surface area (Å²) in [5.74, 6) is 2.37. The molecule has 6 heteroatoms. The number of hydrogen-bond acceptors (Lipinski definition) is 4. The number of H-pyrrole nitrogens is 1. The lowest BCUT2D eigenvalue weighted by atomic mass is 10.3. The van der Waals surface area contributed by atoms with Crippen LogP contribution in [0.25, 0.3) is 0 Å². The first-order chi connectivity index (χ1) is 8.70. The van der Waals surface area contributed by atoms with Gasteiger partial charge in [-0.1, -0.05) is 0 Å². The highest BCUT2D eigenvalue weighted by molar-refractivity contribution is 7.71. The molecule has 0 fully saturated rings. The van der Waals surface area contributed by atoms with E-state index in [1.54, 1.807) is 4.57 Å². The zero-order valence-corrected chi connectivity index (χ0v) is 11.2. The Labute approximate surface area is 110 Å². The van der Waals surface area contributed by atoms with Crippen LogP contribution in [-0.4, -0.2) is 21.4 Å². The topological polar surface area (TPSA) is 52.1 Å². The molecule has 0 unspecified atom stereocenters. The quantitative estimate of drug-likeness (QED) is 0.844. The van der Waals surface area contributed by atoms with Crippen LogP contribution in [0.2, 0.25) is 0 Å². The van der Waals surface area contributed by atoms with E-state index in [0.29, 0.717) is 18.0 Å². The third-order valence-corrected chi connectivity index (χ3v) is 2.84. The Hall–Kier alpha value is -1.82. The Kier molecular flexibility index (Phi) is 3.99. The highest BCUT2D eigenvalue weighted by Gasteiger charge is 2.03. The molecule has 0 radical (unpaired) electrons. The normalized spacial score (nSPS) is 10.3. The van der Waals surface area contributed by atoms with Crippen molar-refractivity contribution in [3.8, 4) is 11.5 Å². The number of nitrogens with zero attached hydrogens (tertiary/aromatic N) is 2. The maximum Gasteiger partial charge on any atom is 0.194 e. The third kappa shape index (κ3) is 2.89. The maximum atomic E-state index is 5.61. The van der Waals surface area contributed by atoms with Crippen LogP contribution in [0.3, 0.4) is 0 Å². The smallest absolute Gasteiger partial charge is 0.194 e. The van der Waals surface area contributed by atoms with E-state index < -0.39 is 0 Å². The van der Waals surface area contributed by atoms with Crippen molar-refractivity contribution in [1.82, 2.24) is 14.8 Å². The molecule has 0 atom stereocenters. The summed E-state index contributed by atoms with van der Waals surface area (Å²) in [5.41, 5.74) is 0. The number of rotatable bonds is 5. The Morgan fingerprint density at radius 1 is 1.22 bits per heavy atom. The molecule has 18 heavy (non-hydrogen) atoms. The van der Waals surface area contributed by atoms with E-state index in [4.69, 9.17) is 21.7 Å². The molecule has 1 N–H and O–H groups in total.